The van der Waals surface area contributed by atoms with Gasteiger partial charge in [-0.3, -0.25) is 9.97 Å². The maximum absolute atomic E-state index is 4.54. The van der Waals surface area contributed by atoms with Crippen molar-refractivity contribution in [3.63, 3.8) is 0 Å². The Kier molecular flexibility index (Phi) is 18.1. The van der Waals surface area contributed by atoms with Crippen LogP contribution in [-0.2, 0) is 19.3 Å². The minimum Gasteiger partial charge on any atom is -0.253 e. The lowest BCUT2D eigenvalue weighted by atomic mass is 9.93. The van der Waals surface area contributed by atoms with E-state index in [4.69, 9.17) is 0 Å². The van der Waals surface area contributed by atoms with Crippen molar-refractivity contribution in [3.05, 3.63) is 304 Å². The van der Waals surface area contributed by atoms with Crippen molar-refractivity contribution in [1.82, 2.24) is 9.97 Å². The van der Waals surface area contributed by atoms with Gasteiger partial charge in [-0.1, -0.05) is 158 Å². The summed E-state index contributed by atoms with van der Waals surface area (Å²) in [6, 6.07) is 60.8. The van der Waals surface area contributed by atoms with Gasteiger partial charge in [0.05, 0.1) is 11.0 Å². The normalized spacial score (nSPS) is 11.7. The van der Waals surface area contributed by atoms with Gasteiger partial charge in [0, 0.05) is 22.2 Å². The van der Waals surface area contributed by atoms with Crippen LogP contribution in [0.15, 0.2) is 170 Å². The van der Waals surface area contributed by atoms with E-state index in [9.17, 15) is 0 Å². The molecule has 10 aromatic carbocycles. The molecule has 0 aliphatic heterocycles. The van der Waals surface area contributed by atoms with Crippen LogP contribution in [0.1, 0.15) is 134 Å². The first kappa shape index (κ1) is 61.4. The maximum atomic E-state index is 4.54. The molecule has 87 heavy (non-hydrogen) atoms. The van der Waals surface area contributed by atoms with Crippen LogP contribution in [0.2, 0.25) is 0 Å². The van der Waals surface area contributed by atoms with Gasteiger partial charge in [0.1, 0.15) is 0 Å². The zero-order valence-electron chi connectivity index (χ0n) is 55.2. The van der Waals surface area contributed by atoms with E-state index in [1.165, 1.54) is 177 Å². The van der Waals surface area contributed by atoms with E-state index < -0.39 is 0 Å². The molecule has 2 heteroatoms. The summed E-state index contributed by atoms with van der Waals surface area (Å²) >= 11 is 0. The first-order valence-corrected chi connectivity index (χ1v) is 31.3. The molecule has 0 atom stereocenters. The van der Waals surface area contributed by atoms with Gasteiger partial charge in [-0.05, 0) is 323 Å². The number of aryl methyl sites for hydroxylation is 9. The summed E-state index contributed by atoms with van der Waals surface area (Å²) in [7, 11) is 0. The number of aromatic nitrogens is 2. The van der Waals surface area contributed by atoms with Gasteiger partial charge >= 0.3 is 0 Å². The van der Waals surface area contributed by atoms with E-state index >= 15 is 0 Å². The Bertz CT molecular complexity index is 4300. The molecule has 2 aromatic heterocycles. The molecule has 2 nitrogen and oxygen atoms in total. The van der Waals surface area contributed by atoms with Crippen LogP contribution in [0.4, 0.5) is 0 Å². The first-order chi connectivity index (χ1) is 41.6. The fourth-order valence-electron chi connectivity index (χ4n) is 13.4. The SMILES string of the molecule is Cc1cc2c(c(C)c1C)-c1ccccc1C2.Cc1cc2c(c(C)c1C)-c1ccccc1C2.Cc1cc2c(c(C)c1C)Cc1ccccc1-2.Cc1cc2ccccc2c(C)c1C.Cc1nc2ccccc2c(C)c1C.Cc1nc2ccccc2c(C)c1C. The van der Waals surface area contributed by atoms with E-state index in [1.807, 2.05) is 12.1 Å². The summed E-state index contributed by atoms with van der Waals surface area (Å²) < 4.78 is 0. The van der Waals surface area contributed by atoms with Crippen molar-refractivity contribution in [1.29, 1.82) is 0 Å². The maximum Gasteiger partial charge on any atom is 0.0708 e. The lowest BCUT2D eigenvalue weighted by Crippen LogP contribution is -1.93. The standard InChI is InChI=1S/3C16H16.C13H14.2C12H13N/c2*1-10-8-14-9-13-6-4-5-7-15(13)16(14)12(3)11(10)2;1-10-8-16-14-7-5-4-6-13(14)9-15(16)12(3)11(10)2;1-9-8-12-6-4-5-7-13(12)11(3)10(9)2;2*1-8-9(2)11-6-4-5-7-12(11)13-10(8)3/h3*4-8H,9H2,1-3H3;4-8H,1-3H3;2*4-7H,1-3H3. The highest BCUT2D eigenvalue weighted by Gasteiger charge is 2.24. The van der Waals surface area contributed by atoms with E-state index in [0.29, 0.717) is 0 Å². The summed E-state index contributed by atoms with van der Waals surface area (Å²) in [5.41, 5.74) is 44.7. The van der Waals surface area contributed by atoms with Crippen LogP contribution in [0.3, 0.4) is 0 Å². The number of hydrogen-bond acceptors (Lipinski definition) is 2. The van der Waals surface area contributed by atoms with Crippen LogP contribution in [-0.4, -0.2) is 9.97 Å². The van der Waals surface area contributed by atoms with Crippen molar-refractivity contribution < 1.29 is 0 Å². The summed E-state index contributed by atoms with van der Waals surface area (Å²) in [5.74, 6) is 0. The Morgan fingerprint density at radius 3 is 1.07 bits per heavy atom. The van der Waals surface area contributed by atoms with Crippen molar-refractivity contribution in [2.45, 2.75) is 144 Å². The number of nitrogens with zero attached hydrogens (tertiary/aromatic N) is 2. The number of pyridine rings is 2. The summed E-state index contributed by atoms with van der Waals surface area (Å²) in [6.07, 6.45) is 3.32. The van der Waals surface area contributed by atoms with Crippen LogP contribution in [0.25, 0.3) is 66.0 Å². The number of rotatable bonds is 0. The third-order valence-corrected chi connectivity index (χ3v) is 20.1. The Morgan fingerprint density at radius 1 is 0.241 bits per heavy atom. The van der Waals surface area contributed by atoms with E-state index in [0.717, 1.165) is 41.7 Å². The molecule has 0 saturated heterocycles. The molecule has 0 radical (unpaired) electrons. The minimum atomic E-state index is 1.10. The molecule has 0 N–H and O–H groups in total. The van der Waals surface area contributed by atoms with Crippen molar-refractivity contribution >= 4 is 32.6 Å². The van der Waals surface area contributed by atoms with E-state index in [-0.39, 0.29) is 0 Å². The summed E-state index contributed by atoms with van der Waals surface area (Å²) in [4.78, 5) is 9.07. The van der Waals surface area contributed by atoms with Crippen molar-refractivity contribution in [2.75, 3.05) is 0 Å². The van der Waals surface area contributed by atoms with Crippen molar-refractivity contribution in [2.24, 2.45) is 0 Å². The smallest absolute Gasteiger partial charge is 0.0708 e. The molecule has 15 rings (SSSR count). The Balaban J connectivity index is 0.000000116. The third kappa shape index (κ3) is 12.2. The predicted molar refractivity (Wildman–Crippen MR) is 377 cm³/mol. The molecule has 0 amide bonds. The fraction of sp³-hybridized carbons (Fsp3) is 0.247. The van der Waals surface area contributed by atoms with E-state index in [1.54, 1.807) is 0 Å². The summed E-state index contributed by atoms with van der Waals surface area (Å²) in [5, 5.41) is 5.27. The Morgan fingerprint density at radius 2 is 0.586 bits per heavy atom. The molecule has 0 fully saturated rings. The second-order valence-electron chi connectivity index (χ2n) is 25.0. The van der Waals surface area contributed by atoms with Crippen LogP contribution >= 0.6 is 0 Å². The second-order valence-corrected chi connectivity index (χ2v) is 25.0. The Hall–Kier alpha value is -8.72. The summed E-state index contributed by atoms with van der Waals surface area (Å²) in [6.45, 7) is 39.4. The van der Waals surface area contributed by atoms with Gasteiger partial charge < -0.3 is 0 Å². The largest absolute Gasteiger partial charge is 0.253 e. The zero-order valence-corrected chi connectivity index (χ0v) is 55.2. The average molecular weight is 1140 g/mol. The van der Waals surface area contributed by atoms with E-state index in [2.05, 4.69) is 292 Å². The average Bonchev–Trinajstić information content (AvgIpc) is 2.43. The first-order valence-electron chi connectivity index (χ1n) is 31.3. The zero-order chi connectivity index (χ0) is 62.1. The number of hydrogen-bond donors (Lipinski definition) is 0. The molecule has 12 aromatic rings. The van der Waals surface area contributed by atoms with Gasteiger partial charge in [0.2, 0.25) is 0 Å². The van der Waals surface area contributed by atoms with Gasteiger partial charge in [0.25, 0.3) is 0 Å². The molecule has 0 spiro atoms. The van der Waals surface area contributed by atoms with Gasteiger partial charge in [0.15, 0.2) is 0 Å². The van der Waals surface area contributed by atoms with Crippen LogP contribution in [0, 0.1) is 125 Å². The topological polar surface area (TPSA) is 25.8 Å². The molecular formula is C85H88N2. The highest BCUT2D eigenvalue weighted by atomic mass is 14.7. The highest BCUT2D eigenvalue weighted by molar-refractivity contribution is 5.88. The van der Waals surface area contributed by atoms with Crippen LogP contribution < -0.4 is 0 Å². The fourth-order valence-corrected chi connectivity index (χ4v) is 13.4. The predicted octanol–water partition coefficient (Wildman–Crippen LogP) is 22.6. The lowest BCUT2D eigenvalue weighted by Gasteiger charge is -2.11. The van der Waals surface area contributed by atoms with Gasteiger partial charge in [-0.15, -0.1) is 0 Å². The second kappa shape index (κ2) is 25.7. The van der Waals surface area contributed by atoms with Gasteiger partial charge in [-0.25, -0.2) is 0 Å². The van der Waals surface area contributed by atoms with Gasteiger partial charge in [-0.2, -0.15) is 0 Å². The minimum absolute atomic E-state index is 1.10. The molecule has 0 saturated carbocycles. The number of benzene rings is 10. The quantitative estimate of drug-likeness (QED) is 0.151. The molecular weight excluding hydrogens is 1050 g/mol. The molecule has 438 valence electrons. The molecule has 2 heterocycles. The molecule has 0 bridgehead atoms. The lowest BCUT2D eigenvalue weighted by molar-refractivity contribution is 1.17. The number of fused-ring (bicyclic) bond motifs is 12. The molecule has 3 aliphatic rings. The Labute approximate surface area is 520 Å². The van der Waals surface area contributed by atoms with Crippen molar-refractivity contribution in [3.8, 4) is 33.4 Å². The molecule has 3 aliphatic carbocycles. The molecule has 0 unspecified atom stereocenters. The monoisotopic (exact) mass is 1140 g/mol. The number of para-hydroxylation sites is 2. The third-order valence-electron chi connectivity index (χ3n) is 20.1. The highest BCUT2D eigenvalue weighted by Crippen LogP contribution is 2.43. The van der Waals surface area contributed by atoms with Crippen LogP contribution in [0.5, 0.6) is 0 Å².